The average molecular weight is 233 g/mol. The molecule has 0 saturated heterocycles. The molecule has 0 unspecified atom stereocenters. The van der Waals surface area contributed by atoms with Crippen molar-refractivity contribution in [2.24, 2.45) is 0 Å². The van der Waals surface area contributed by atoms with Gasteiger partial charge in [0.25, 0.3) is 0 Å². The highest BCUT2D eigenvalue weighted by Crippen LogP contribution is 2.23. The smallest absolute Gasteiger partial charge is 0.335 e. The first-order chi connectivity index (χ1) is 8.17. The van der Waals surface area contributed by atoms with Crippen LogP contribution in [-0.4, -0.2) is 27.4 Å². The number of aromatic carboxylic acids is 1. The summed E-state index contributed by atoms with van der Waals surface area (Å²) in [7, 11) is 0. The van der Waals surface area contributed by atoms with Gasteiger partial charge in [-0.05, 0) is 30.2 Å². The highest BCUT2D eigenvalue weighted by Gasteiger charge is 2.10. The van der Waals surface area contributed by atoms with Gasteiger partial charge in [-0.3, -0.25) is 0 Å². The SMILES string of the molecule is CCc1cn(CCO)c2ccc(C(=O)O)cc12. The number of carbonyl (C=O) groups is 1. The number of hydrogen-bond donors (Lipinski definition) is 2. The molecule has 2 aromatic rings. The fourth-order valence-electron chi connectivity index (χ4n) is 2.08. The van der Waals surface area contributed by atoms with Crippen molar-refractivity contribution >= 4 is 16.9 Å². The summed E-state index contributed by atoms with van der Waals surface area (Å²) >= 11 is 0. The molecule has 4 nitrogen and oxygen atoms in total. The molecule has 0 radical (unpaired) electrons. The molecule has 4 heteroatoms. The molecule has 0 spiro atoms. The van der Waals surface area contributed by atoms with E-state index in [1.807, 2.05) is 17.7 Å². The highest BCUT2D eigenvalue weighted by molar-refractivity contribution is 5.95. The number of rotatable bonds is 4. The zero-order valence-corrected chi connectivity index (χ0v) is 9.68. The molecule has 0 aliphatic carbocycles. The Morgan fingerprint density at radius 3 is 2.76 bits per heavy atom. The van der Waals surface area contributed by atoms with E-state index in [0.717, 1.165) is 22.9 Å². The summed E-state index contributed by atoms with van der Waals surface area (Å²) in [6.45, 7) is 2.64. The Bertz CT molecular complexity index is 557. The molecule has 0 bridgehead atoms. The lowest BCUT2D eigenvalue weighted by Gasteiger charge is -2.02. The number of hydrogen-bond acceptors (Lipinski definition) is 2. The Hall–Kier alpha value is -1.81. The second kappa shape index (κ2) is 4.59. The van der Waals surface area contributed by atoms with Gasteiger partial charge in [0, 0.05) is 23.6 Å². The van der Waals surface area contributed by atoms with Gasteiger partial charge in [0.05, 0.1) is 12.2 Å². The van der Waals surface area contributed by atoms with Crippen LogP contribution in [0.3, 0.4) is 0 Å². The van der Waals surface area contributed by atoms with E-state index in [4.69, 9.17) is 10.2 Å². The number of aryl methyl sites for hydroxylation is 1. The van der Waals surface area contributed by atoms with E-state index in [1.54, 1.807) is 18.2 Å². The van der Waals surface area contributed by atoms with Crippen LogP contribution >= 0.6 is 0 Å². The van der Waals surface area contributed by atoms with Crippen molar-refractivity contribution in [3.05, 3.63) is 35.5 Å². The van der Waals surface area contributed by atoms with Gasteiger partial charge in [0.1, 0.15) is 0 Å². The first kappa shape index (κ1) is 11.7. The minimum atomic E-state index is -0.913. The van der Waals surface area contributed by atoms with Gasteiger partial charge < -0.3 is 14.8 Å². The quantitative estimate of drug-likeness (QED) is 0.847. The molecule has 1 aromatic carbocycles. The van der Waals surface area contributed by atoms with Crippen LogP contribution in [0.4, 0.5) is 0 Å². The molecular weight excluding hydrogens is 218 g/mol. The molecular formula is C13H15NO3. The standard InChI is InChI=1S/C13H15NO3/c1-2-9-8-14(5-6-15)12-4-3-10(13(16)17)7-11(9)12/h3-4,7-8,15H,2,5-6H2,1H3,(H,16,17). The molecule has 90 valence electrons. The lowest BCUT2D eigenvalue weighted by molar-refractivity contribution is 0.0697. The molecule has 0 aliphatic heterocycles. The number of nitrogens with zero attached hydrogens (tertiary/aromatic N) is 1. The van der Waals surface area contributed by atoms with Crippen molar-refractivity contribution in [3.63, 3.8) is 0 Å². The third-order valence-corrected chi connectivity index (χ3v) is 2.93. The van der Waals surface area contributed by atoms with Gasteiger partial charge in [-0.15, -0.1) is 0 Å². The van der Waals surface area contributed by atoms with Crippen molar-refractivity contribution < 1.29 is 15.0 Å². The largest absolute Gasteiger partial charge is 0.478 e. The molecule has 0 fully saturated rings. The molecule has 0 aliphatic rings. The summed E-state index contributed by atoms with van der Waals surface area (Å²) in [5.41, 5.74) is 2.38. The number of aromatic nitrogens is 1. The van der Waals surface area contributed by atoms with Crippen LogP contribution in [0, 0.1) is 0 Å². The van der Waals surface area contributed by atoms with Crippen molar-refractivity contribution in [3.8, 4) is 0 Å². The monoisotopic (exact) mass is 233 g/mol. The normalized spacial score (nSPS) is 10.9. The molecule has 1 aromatic heterocycles. The second-order valence-electron chi connectivity index (χ2n) is 3.96. The fraction of sp³-hybridized carbons (Fsp3) is 0.308. The number of aliphatic hydroxyl groups is 1. The number of carboxylic acids is 1. The van der Waals surface area contributed by atoms with E-state index in [9.17, 15) is 4.79 Å². The maximum absolute atomic E-state index is 10.9. The Balaban J connectivity index is 2.63. The van der Waals surface area contributed by atoms with E-state index in [0.29, 0.717) is 12.1 Å². The lowest BCUT2D eigenvalue weighted by Crippen LogP contribution is -2.00. The Kier molecular flexibility index (Phi) is 3.15. The van der Waals surface area contributed by atoms with Gasteiger partial charge >= 0.3 is 5.97 Å². The first-order valence-electron chi connectivity index (χ1n) is 5.63. The lowest BCUT2D eigenvalue weighted by atomic mass is 10.1. The average Bonchev–Trinajstić information content (AvgIpc) is 2.67. The third kappa shape index (κ3) is 2.03. The maximum Gasteiger partial charge on any atom is 0.335 e. The minimum Gasteiger partial charge on any atom is -0.478 e. The van der Waals surface area contributed by atoms with Gasteiger partial charge in [-0.25, -0.2) is 4.79 Å². The van der Waals surface area contributed by atoms with Gasteiger partial charge in [-0.1, -0.05) is 6.92 Å². The molecule has 0 atom stereocenters. The van der Waals surface area contributed by atoms with Gasteiger partial charge in [0.2, 0.25) is 0 Å². The summed E-state index contributed by atoms with van der Waals surface area (Å²) < 4.78 is 1.96. The number of aliphatic hydroxyl groups excluding tert-OH is 1. The molecule has 0 saturated carbocycles. The van der Waals surface area contributed by atoms with Crippen LogP contribution in [0.5, 0.6) is 0 Å². The van der Waals surface area contributed by atoms with E-state index in [-0.39, 0.29) is 6.61 Å². The Morgan fingerprint density at radius 1 is 1.41 bits per heavy atom. The zero-order valence-electron chi connectivity index (χ0n) is 9.68. The summed E-state index contributed by atoms with van der Waals surface area (Å²) in [5, 5.41) is 18.9. The van der Waals surface area contributed by atoms with Crippen LogP contribution in [0.2, 0.25) is 0 Å². The number of carboxylic acid groups (broad SMARTS) is 1. The van der Waals surface area contributed by atoms with Crippen LogP contribution in [0.1, 0.15) is 22.8 Å². The van der Waals surface area contributed by atoms with Crippen molar-refractivity contribution in [2.45, 2.75) is 19.9 Å². The third-order valence-electron chi connectivity index (χ3n) is 2.93. The summed E-state index contributed by atoms with van der Waals surface area (Å²) in [6.07, 6.45) is 2.82. The Labute approximate surface area is 99.1 Å². The molecule has 0 amide bonds. The van der Waals surface area contributed by atoms with E-state index in [1.165, 1.54) is 0 Å². The van der Waals surface area contributed by atoms with E-state index >= 15 is 0 Å². The van der Waals surface area contributed by atoms with Crippen LogP contribution in [0.15, 0.2) is 24.4 Å². The molecule has 2 rings (SSSR count). The maximum atomic E-state index is 10.9. The van der Waals surface area contributed by atoms with Crippen molar-refractivity contribution in [1.29, 1.82) is 0 Å². The molecule has 17 heavy (non-hydrogen) atoms. The van der Waals surface area contributed by atoms with Crippen LogP contribution < -0.4 is 0 Å². The predicted molar refractivity (Wildman–Crippen MR) is 65.4 cm³/mol. The number of benzene rings is 1. The summed E-state index contributed by atoms with van der Waals surface area (Å²) in [6, 6.07) is 5.09. The van der Waals surface area contributed by atoms with Gasteiger partial charge in [-0.2, -0.15) is 0 Å². The fourth-order valence-corrected chi connectivity index (χ4v) is 2.08. The Morgan fingerprint density at radius 2 is 2.18 bits per heavy atom. The van der Waals surface area contributed by atoms with Gasteiger partial charge in [0.15, 0.2) is 0 Å². The van der Waals surface area contributed by atoms with Crippen LogP contribution in [-0.2, 0) is 13.0 Å². The predicted octanol–water partition coefficient (Wildman–Crippen LogP) is 1.89. The summed E-state index contributed by atoms with van der Waals surface area (Å²) in [5.74, 6) is -0.913. The highest BCUT2D eigenvalue weighted by atomic mass is 16.4. The number of fused-ring (bicyclic) bond motifs is 1. The van der Waals surface area contributed by atoms with Crippen LogP contribution in [0.25, 0.3) is 10.9 Å². The van der Waals surface area contributed by atoms with E-state index < -0.39 is 5.97 Å². The summed E-state index contributed by atoms with van der Waals surface area (Å²) in [4.78, 5) is 10.9. The topological polar surface area (TPSA) is 62.5 Å². The van der Waals surface area contributed by atoms with E-state index in [2.05, 4.69) is 0 Å². The van der Waals surface area contributed by atoms with Crippen molar-refractivity contribution in [1.82, 2.24) is 4.57 Å². The first-order valence-corrected chi connectivity index (χ1v) is 5.63. The minimum absolute atomic E-state index is 0.0770. The molecule has 1 heterocycles. The second-order valence-corrected chi connectivity index (χ2v) is 3.96. The zero-order chi connectivity index (χ0) is 12.4. The molecule has 2 N–H and O–H groups in total. The van der Waals surface area contributed by atoms with Crippen molar-refractivity contribution in [2.75, 3.05) is 6.61 Å².